The van der Waals surface area contributed by atoms with Crippen molar-refractivity contribution in [3.8, 4) is 0 Å². The Morgan fingerprint density at radius 3 is 2.14 bits per heavy atom. The average Bonchev–Trinajstić information content (AvgIpc) is 3.33. The van der Waals surface area contributed by atoms with Crippen LogP contribution in [-0.4, -0.2) is 103 Å². The monoisotopic (exact) mass is 698 g/mol. The smallest absolute Gasteiger partial charge is 0.408 e. The van der Waals surface area contributed by atoms with Gasteiger partial charge in [0, 0.05) is 20.6 Å². The van der Waals surface area contributed by atoms with E-state index in [0.717, 1.165) is 0 Å². The van der Waals surface area contributed by atoms with Crippen LogP contribution < -0.4 is 21.3 Å². The Morgan fingerprint density at radius 1 is 0.980 bits per heavy atom. The normalized spacial score (nSPS) is 20.8. The molecule has 1 aromatic rings. The van der Waals surface area contributed by atoms with Crippen molar-refractivity contribution in [2.45, 2.75) is 98.5 Å². The Kier molecular flexibility index (Phi) is 12.8. The minimum atomic E-state index is -1.21. The fourth-order valence-electron chi connectivity index (χ4n) is 6.62. The average molecular weight is 699 g/mol. The fourth-order valence-corrected chi connectivity index (χ4v) is 6.62. The van der Waals surface area contributed by atoms with Gasteiger partial charge in [0.2, 0.25) is 29.4 Å². The van der Waals surface area contributed by atoms with E-state index in [0.29, 0.717) is 18.5 Å². The zero-order chi connectivity index (χ0) is 37.7. The van der Waals surface area contributed by atoms with Gasteiger partial charge in [0.25, 0.3) is 5.91 Å². The highest BCUT2D eigenvalue weighted by atomic mass is 16.6. The summed E-state index contributed by atoms with van der Waals surface area (Å²) < 4.78 is 5.23. The van der Waals surface area contributed by atoms with E-state index in [9.17, 15) is 33.6 Å². The second kappa shape index (κ2) is 16.0. The van der Waals surface area contributed by atoms with Gasteiger partial charge in [-0.2, -0.15) is 0 Å². The molecule has 14 nitrogen and oxygen atoms in total. The number of amides is 6. The van der Waals surface area contributed by atoms with Gasteiger partial charge in [0.15, 0.2) is 0 Å². The summed E-state index contributed by atoms with van der Waals surface area (Å²) in [6.07, 6.45) is -0.549. The lowest BCUT2D eigenvalue weighted by Crippen LogP contribution is -2.60. The molecule has 2 fully saturated rings. The standard InChI is InChI=1S/C36H54N6O8/c1-11-15-23(28(44)31(46)37-18-24(43)39-26(32(47)41(9)10)21-16-13-12-14-17-21)38-30(45)27-25-22(36(25,7)8)19-42(27)33(48)29(35(4,5)6)40-34(49)50-20(2)3/h12-14,16-17,20,22-23,25-27,29H,11,15,18-19H2,1-10H3,(H,37,46)(H,38,45)(H,39,43)(H,40,49)/t22?,23?,25?,26?,27-,29+/m0/s1. The molecule has 0 aromatic heterocycles. The van der Waals surface area contributed by atoms with E-state index in [1.54, 1.807) is 86.0 Å². The molecule has 1 heterocycles. The zero-order valence-electron chi connectivity index (χ0n) is 30.9. The third kappa shape index (κ3) is 9.39. The van der Waals surface area contributed by atoms with E-state index >= 15 is 0 Å². The van der Waals surface area contributed by atoms with E-state index in [-0.39, 0.29) is 29.6 Å². The van der Waals surface area contributed by atoms with Crippen LogP contribution in [0.2, 0.25) is 0 Å². The molecule has 4 N–H and O–H groups in total. The lowest BCUT2D eigenvalue weighted by molar-refractivity contribution is -0.145. The number of rotatable bonds is 14. The molecule has 4 unspecified atom stereocenters. The number of ketones is 1. The van der Waals surface area contributed by atoms with E-state index < -0.39 is 77.7 Å². The number of benzene rings is 1. The number of carbonyl (C=O) groups excluding carboxylic acids is 7. The molecule has 1 saturated heterocycles. The van der Waals surface area contributed by atoms with Crippen molar-refractivity contribution in [3.05, 3.63) is 35.9 Å². The van der Waals surface area contributed by atoms with Gasteiger partial charge < -0.3 is 35.8 Å². The molecule has 0 bridgehead atoms. The largest absolute Gasteiger partial charge is 0.447 e. The van der Waals surface area contributed by atoms with Crippen LogP contribution in [0.4, 0.5) is 4.79 Å². The van der Waals surface area contributed by atoms with Gasteiger partial charge in [-0.15, -0.1) is 0 Å². The van der Waals surface area contributed by atoms with Crippen molar-refractivity contribution in [3.63, 3.8) is 0 Å². The zero-order valence-corrected chi connectivity index (χ0v) is 30.9. The number of likely N-dealkylation sites (tertiary alicyclic amines) is 1. The predicted molar refractivity (Wildman–Crippen MR) is 185 cm³/mol. The van der Waals surface area contributed by atoms with Gasteiger partial charge in [-0.25, -0.2) is 4.79 Å². The second-order valence-electron chi connectivity index (χ2n) is 15.3. The van der Waals surface area contributed by atoms with Crippen LogP contribution in [0.3, 0.4) is 0 Å². The van der Waals surface area contributed by atoms with Gasteiger partial charge in [-0.3, -0.25) is 28.8 Å². The third-order valence-corrected chi connectivity index (χ3v) is 9.45. The van der Waals surface area contributed by atoms with Crippen molar-refractivity contribution in [2.24, 2.45) is 22.7 Å². The fraction of sp³-hybridized carbons (Fsp3) is 0.639. The summed E-state index contributed by atoms with van der Waals surface area (Å²) in [5.74, 6) is -4.24. The Labute approximate surface area is 294 Å². The van der Waals surface area contributed by atoms with E-state index in [1.165, 1.54) is 9.80 Å². The van der Waals surface area contributed by atoms with E-state index in [4.69, 9.17) is 4.74 Å². The number of fused-ring (bicyclic) bond motifs is 1. The Hall–Kier alpha value is -4.49. The quantitative estimate of drug-likeness (QED) is 0.213. The molecular formula is C36H54N6O8. The summed E-state index contributed by atoms with van der Waals surface area (Å²) in [5, 5.41) is 10.3. The van der Waals surface area contributed by atoms with Gasteiger partial charge >= 0.3 is 6.09 Å². The summed E-state index contributed by atoms with van der Waals surface area (Å²) in [6.45, 7) is 14.4. The van der Waals surface area contributed by atoms with Crippen LogP contribution in [0.1, 0.15) is 79.8 Å². The summed E-state index contributed by atoms with van der Waals surface area (Å²) in [7, 11) is 3.11. The molecule has 50 heavy (non-hydrogen) atoms. The maximum Gasteiger partial charge on any atom is 0.408 e. The van der Waals surface area contributed by atoms with Crippen LogP contribution in [0.25, 0.3) is 0 Å². The molecular weight excluding hydrogens is 644 g/mol. The number of likely N-dealkylation sites (N-methyl/N-ethyl adjacent to an activating group) is 1. The van der Waals surface area contributed by atoms with Crippen LogP contribution in [0, 0.1) is 22.7 Å². The van der Waals surface area contributed by atoms with Gasteiger partial charge in [-0.1, -0.05) is 78.3 Å². The number of Topliss-reactive ketones (excluding diaryl/α,β-unsaturated/α-hetero) is 1. The van der Waals surface area contributed by atoms with Crippen LogP contribution in [0.5, 0.6) is 0 Å². The molecule has 0 radical (unpaired) electrons. The maximum atomic E-state index is 14.0. The first-order valence-corrected chi connectivity index (χ1v) is 17.2. The van der Waals surface area contributed by atoms with Crippen molar-refractivity contribution < 1.29 is 38.3 Å². The molecule has 276 valence electrons. The van der Waals surface area contributed by atoms with E-state index in [1.807, 2.05) is 13.8 Å². The summed E-state index contributed by atoms with van der Waals surface area (Å²) in [6, 6.07) is 4.48. The van der Waals surface area contributed by atoms with Gasteiger partial charge in [0.05, 0.1) is 18.7 Å². The van der Waals surface area contributed by atoms with Gasteiger partial charge in [0.1, 0.15) is 18.1 Å². The Balaban J connectivity index is 1.72. The number of piperidine rings is 1. The van der Waals surface area contributed by atoms with Crippen molar-refractivity contribution in [1.82, 2.24) is 31.1 Å². The number of alkyl carbamates (subject to hydrolysis) is 1. The number of hydrogen-bond acceptors (Lipinski definition) is 8. The molecule has 3 rings (SSSR count). The summed E-state index contributed by atoms with van der Waals surface area (Å²) in [5.41, 5.74) is -0.406. The number of nitrogens with one attached hydrogen (secondary N) is 4. The molecule has 1 aliphatic heterocycles. The maximum absolute atomic E-state index is 14.0. The van der Waals surface area contributed by atoms with Crippen LogP contribution >= 0.6 is 0 Å². The molecule has 1 aromatic carbocycles. The predicted octanol–water partition coefficient (Wildman–Crippen LogP) is 1.93. The molecule has 6 amide bonds. The minimum Gasteiger partial charge on any atom is -0.447 e. The lowest BCUT2D eigenvalue weighted by atomic mass is 9.85. The first-order valence-electron chi connectivity index (χ1n) is 17.2. The molecule has 0 spiro atoms. The molecule has 14 heteroatoms. The molecule has 1 saturated carbocycles. The molecule has 6 atom stereocenters. The number of ether oxygens (including phenoxy) is 1. The van der Waals surface area contributed by atoms with Gasteiger partial charge in [-0.05, 0) is 48.5 Å². The highest BCUT2D eigenvalue weighted by Crippen LogP contribution is 2.65. The van der Waals surface area contributed by atoms with Crippen molar-refractivity contribution >= 4 is 41.4 Å². The third-order valence-electron chi connectivity index (χ3n) is 9.45. The van der Waals surface area contributed by atoms with Crippen molar-refractivity contribution in [2.75, 3.05) is 27.2 Å². The van der Waals surface area contributed by atoms with Crippen molar-refractivity contribution in [1.29, 1.82) is 0 Å². The highest BCUT2D eigenvalue weighted by molar-refractivity contribution is 6.38. The molecule has 2 aliphatic rings. The van der Waals surface area contributed by atoms with Crippen LogP contribution in [-0.2, 0) is 33.5 Å². The number of carbonyl (C=O) groups is 7. The van der Waals surface area contributed by atoms with Crippen LogP contribution in [0.15, 0.2) is 30.3 Å². The SMILES string of the molecule is CCCC(NC(=O)[C@@H]1C2C(CN1C(=O)[C@@H](NC(=O)OC(C)C)C(C)(C)C)C2(C)C)C(=O)C(=O)NCC(=O)NC(C(=O)N(C)C)c1ccccc1. The molecule has 1 aliphatic carbocycles. The highest BCUT2D eigenvalue weighted by Gasteiger charge is 2.70. The topological polar surface area (TPSA) is 183 Å². The Morgan fingerprint density at radius 2 is 1.60 bits per heavy atom. The number of hydrogen-bond donors (Lipinski definition) is 4. The summed E-state index contributed by atoms with van der Waals surface area (Å²) >= 11 is 0. The second-order valence-corrected chi connectivity index (χ2v) is 15.3. The first-order chi connectivity index (χ1) is 23.2. The minimum absolute atomic E-state index is 0.0339. The lowest BCUT2D eigenvalue weighted by Gasteiger charge is -2.37. The first kappa shape index (κ1) is 39.9. The summed E-state index contributed by atoms with van der Waals surface area (Å²) in [4.78, 5) is 95.3. The Bertz CT molecular complexity index is 1450. The number of nitrogens with zero attached hydrogens (tertiary/aromatic N) is 2. The van der Waals surface area contributed by atoms with E-state index in [2.05, 4.69) is 21.3 Å².